The minimum absolute atomic E-state index is 0.425. The first-order valence-corrected chi connectivity index (χ1v) is 8.21. The SMILES string of the molecule is COc1ccccc1Cc1nc(-c2cn(Cc3ccccc3)nn2)no1. The first kappa shape index (κ1) is 16.0. The quantitative estimate of drug-likeness (QED) is 0.533. The Morgan fingerprint density at radius 1 is 1.04 bits per heavy atom. The molecular weight excluding hydrogens is 330 g/mol. The number of nitrogens with zero attached hydrogens (tertiary/aromatic N) is 5. The van der Waals surface area contributed by atoms with Gasteiger partial charge in [-0.2, -0.15) is 4.98 Å². The lowest BCUT2D eigenvalue weighted by molar-refractivity contribution is 0.379. The van der Waals surface area contributed by atoms with Crippen molar-refractivity contribution in [2.75, 3.05) is 7.11 Å². The van der Waals surface area contributed by atoms with Crippen molar-refractivity contribution in [2.24, 2.45) is 0 Å². The number of rotatable bonds is 6. The molecule has 4 aromatic rings. The number of aromatic nitrogens is 5. The van der Waals surface area contributed by atoms with Gasteiger partial charge in [-0.05, 0) is 11.6 Å². The molecule has 0 fully saturated rings. The Bertz CT molecular complexity index is 994. The molecule has 0 bridgehead atoms. The number of hydrogen-bond acceptors (Lipinski definition) is 6. The molecule has 2 heterocycles. The number of para-hydroxylation sites is 1. The molecule has 26 heavy (non-hydrogen) atoms. The second-order valence-corrected chi connectivity index (χ2v) is 5.79. The molecule has 0 amide bonds. The van der Waals surface area contributed by atoms with E-state index in [2.05, 4.69) is 20.5 Å². The van der Waals surface area contributed by atoms with Crippen LogP contribution in [0.3, 0.4) is 0 Å². The van der Waals surface area contributed by atoms with Crippen molar-refractivity contribution in [1.82, 2.24) is 25.1 Å². The molecule has 130 valence electrons. The lowest BCUT2D eigenvalue weighted by Gasteiger charge is -2.04. The van der Waals surface area contributed by atoms with Gasteiger partial charge < -0.3 is 9.26 Å². The standard InChI is InChI=1S/C19H17N5O2/c1-25-17-10-6-5-9-15(17)11-18-20-19(22-26-18)16-13-24(23-21-16)12-14-7-3-2-4-8-14/h2-10,13H,11-12H2,1H3. The third-order valence-corrected chi connectivity index (χ3v) is 3.96. The van der Waals surface area contributed by atoms with Gasteiger partial charge in [-0.1, -0.05) is 58.9 Å². The van der Waals surface area contributed by atoms with Crippen LogP contribution < -0.4 is 4.74 Å². The largest absolute Gasteiger partial charge is 0.496 e. The molecule has 0 unspecified atom stereocenters. The average molecular weight is 347 g/mol. The van der Waals surface area contributed by atoms with E-state index in [9.17, 15) is 0 Å². The van der Waals surface area contributed by atoms with Crippen LogP contribution in [-0.2, 0) is 13.0 Å². The molecule has 0 N–H and O–H groups in total. The van der Waals surface area contributed by atoms with Gasteiger partial charge in [0.1, 0.15) is 5.75 Å². The summed E-state index contributed by atoms with van der Waals surface area (Å²) >= 11 is 0. The lowest BCUT2D eigenvalue weighted by atomic mass is 10.1. The van der Waals surface area contributed by atoms with Crippen LogP contribution in [0.2, 0.25) is 0 Å². The van der Waals surface area contributed by atoms with Crippen LogP contribution in [-0.4, -0.2) is 32.2 Å². The summed E-state index contributed by atoms with van der Waals surface area (Å²) in [6.45, 7) is 0.639. The topological polar surface area (TPSA) is 78.9 Å². The summed E-state index contributed by atoms with van der Waals surface area (Å²) < 4.78 is 12.5. The minimum Gasteiger partial charge on any atom is -0.496 e. The average Bonchev–Trinajstić information content (AvgIpc) is 3.32. The fraction of sp³-hybridized carbons (Fsp3) is 0.158. The van der Waals surface area contributed by atoms with Crippen LogP contribution in [0.4, 0.5) is 0 Å². The van der Waals surface area contributed by atoms with Gasteiger partial charge in [-0.25, -0.2) is 4.68 Å². The van der Waals surface area contributed by atoms with Crippen LogP contribution >= 0.6 is 0 Å². The summed E-state index contributed by atoms with van der Waals surface area (Å²) in [5.41, 5.74) is 2.71. The maximum atomic E-state index is 5.36. The van der Waals surface area contributed by atoms with Crippen LogP contribution in [0, 0.1) is 0 Å². The van der Waals surface area contributed by atoms with Crippen molar-refractivity contribution in [3.63, 3.8) is 0 Å². The van der Waals surface area contributed by atoms with E-state index in [1.807, 2.05) is 60.8 Å². The zero-order chi connectivity index (χ0) is 17.8. The van der Waals surface area contributed by atoms with Crippen molar-refractivity contribution in [3.8, 4) is 17.3 Å². The highest BCUT2D eigenvalue weighted by Crippen LogP contribution is 2.21. The molecule has 0 aliphatic rings. The molecule has 4 rings (SSSR count). The second kappa shape index (κ2) is 7.18. The van der Waals surface area contributed by atoms with E-state index in [1.54, 1.807) is 11.8 Å². The van der Waals surface area contributed by atoms with Gasteiger partial charge in [-0.15, -0.1) is 5.10 Å². The van der Waals surface area contributed by atoms with E-state index in [4.69, 9.17) is 9.26 Å². The normalized spacial score (nSPS) is 10.8. The Labute approximate surface area is 150 Å². The summed E-state index contributed by atoms with van der Waals surface area (Å²) in [5.74, 6) is 1.72. The van der Waals surface area contributed by atoms with Crippen LogP contribution in [0.15, 0.2) is 65.3 Å². The first-order valence-electron chi connectivity index (χ1n) is 8.21. The number of hydrogen-bond donors (Lipinski definition) is 0. The molecule has 0 atom stereocenters. The third-order valence-electron chi connectivity index (χ3n) is 3.96. The Morgan fingerprint density at radius 2 is 1.85 bits per heavy atom. The zero-order valence-corrected chi connectivity index (χ0v) is 14.2. The molecule has 7 nitrogen and oxygen atoms in total. The van der Waals surface area contributed by atoms with Crippen LogP contribution in [0.25, 0.3) is 11.5 Å². The fourth-order valence-corrected chi connectivity index (χ4v) is 2.69. The maximum absolute atomic E-state index is 5.36. The Kier molecular flexibility index (Phi) is 4.42. The molecule has 7 heteroatoms. The summed E-state index contributed by atoms with van der Waals surface area (Å²) in [7, 11) is 1.64. The van der Waals surface area contributed by atoms with Gasteiger partial charge in [0.25, 0.3) is 0 Å². The van der Waals surface area contributed by atoms with E-state index < -0.39 is 0 Å². The van der Waals surface area contributed by atoms with Gasteiger partial charge in [0.05, 0.1) is 26.3 Å². The van der Waals surface area contributed by atoms with E-state index in [-0.39, 0.29) is 0 Å². The van der Waals surface area contributed by atoms with Gasteiger partial charge in [0.2, 0.25) is 11.7 Å². The predicted octanol–water partition coefficient (Wildman–Crippen LogP) is 2.98. The first-order chi connectivity index (χ1) is 12.8. The van der Waals surface area contributed by atoms with Crippen molar-refractivity contribution < 1.29 is 9.26 Å². The highest BCUT2D eigenvalue weighted by Gasteiger charge is 2.14. The monoisotopic (exact) mass is 347 g/mol. The molecule has 0 radical (unpaired) electrons. The number of benzene rings is 2. The third kappa shape index (κ3) is 3.46. The molecular formula is C19H17N5O2. The summed E-state index contributed by atoms with van der Waals surface area (Å²) in [6, 6.07) is 17.8. The van der Waals surface area contributed by atoms with Gasteiger partial charge >= 0.3 is 0 Å². The molecule has 0 aliphatic carbocycles. The Morgan fingerprint density at radius 3 is 2.69 bits per heavy atom. The van der Waals surface area contributed by atoms with Crippen molar-refractivity contribution in [2.45, 2.75) is 13.0 Å². The molecule has 0 aliphatic heterocycles. The van der Waals surface area contributed by atoms with Crippen molar-refractivity contribution >= 4 is 0 Å². The Balaban J connectivity index is 1.50. The summed E-state index contributed by atoms with van der Waals surface area (Å²) in [4.78, 5) is 4.42. The van der Waals surface area contributed by atoms with Gasteiger partial charge in [0.15, 0.2) is 5.69 Å². The van der Waals surface area contributed by atoms with E-state index in [0.717, 1.165) is 16.9 Å². The zero-order valence-electron chi connectivity index (χ0n) is 14.2. The summed E-state index contributed by atoms with van der Waals surface area (Å²) in [5, 5.41) is 12.3. The molecule has 0 spiro atoms. The maximum Gasteiger partial charge on any atom is 0.231 e. The van der Waals surface area contributed by atoms with E-state index in [1.165, 1.54) is 0 Å². The predicted molar refractivity (Wildman–Crippen MR) is 94.7 cm³/mol. The van der Waals surface area contributed by atoms with E-state index in [0.29, 0.717) is 30.4 Å². The van der Waals surface area contributed by atoms with Gasteiger partial charge in [0, 0.05) is 5.56 Å². The minimum atomic E-state index is 0.425. The highest BCUT2D eigenvalue weighted by molar-refractivity contribution is 5.45. The van der Waals surface area contributed by atoms with Crippen LogP contribution in [0.5, 0.6) is 5.75 Å². The second-order valence-electron chi connectivity index (χ2n) is 5.79. The van der Waals surface area contributed by atoms with E-state index >= 15 is 0 Å². The van der Waals surface area contributed by atoms with Crippen LogP contribution in [0.1, 0.15) is 17.0 Å². The lowest BCUT2D eigenvalue weighted by Crippen LogP contribution is -1.99. The number of methoxy groups -OCH3 is 1. The number of ether oxygens (including phenoxy) is 1. The summed E-state index contributed by atoms with van der Waals surface area (Å²) in [6.07, 6.45) is 2.31. The molecule has 2 aromatic carbocycles. The van der Waals surface area contributed by atoms with Crippen molar-refractivity contribution in [1.29, 1.82) is 0 Å². The Hall–Kier alpha value is -3.48. The van der Waals surface area contributed by atoms with Gasteiger partial charge in [-0.3, -0.25) is 0 Å². The van der Waals surface area contributed by atoms with Crippen molar-refractivity contribution in [3.05, 3.63) is 77.8 Å². The molecule has 0 saturated heterocycles. The molecule has 0 saturated carbocycles. The smallest absolute Gasteiger partial charge is 0.231 e. The molecule has 2 aromatic heterocycles. The fourth-order valence-electron chi connectivity index (χ4n) is 2.69. The highest BCUT2D eigenvalue weighted by atomic mass is 16.5.